The normalized spacial score (nSPS) is 14.4. The topological polar surface area (TPSA) is 83.4 Å². The van der Waals surface area contributed by atoms with Crippen molar-refractivity contribution in [1.82, 2.24) is 19.4 Å². The van der Waals surface area contributed by atoms with Gasteiger partial charge in [0.2, 0.25) is 0 Å². The Kier molecular flexibility index (Phi) is 4.68. The van der Waals surface area contributed by atoms with Gasteiger partial charge in [0.1, 0.15) is 5.52 Å². The fourth-order valence-corrected chi connectivity index (χ4v) is 3.31. The van der Waals surface area contributed by atoms with Gasteiger partial charge in [-0.25, -0.2) is 14.8 Å². The number of pyridine rings is 1. The number of amides is 2. The van der Waals surface area contributed by atoms with Crippen molar-refractivity contribution in [2.75, 3.05) is 36.4 Å². The molecule has 28 heavy (non-hydrogen) atoms. The molecule has 1 aromatic carbocycles. The maximum absolute atomic E-state index is 12.7. The van der Waals surface area contributed by atoms with E-state index >= 15 is 0 Å². The first-order valence-corrected chi connectivity index (χ1v) is 9.22. The number of nitrogens with one attached hydrogen (secondary N) is 1. The Balaban J connectivity index is 1.46. The van der Waals surface area contributed by atoms with Crippen LogP contribution in [0.4, 0.5) is 16.3 Å². The summed E-state index contributed by atoms with van der Waals surface area (Å²) in [5, 5.41) is 2.92. The molecule has 4 rings (SSSR count). The van der Waals surface area contributed by atoms with Gasteiger partial charge in [-0.15, -0.1) is 0 Å². The van der Waals surface area contributed by atoms with Gasteiger partial charge < -0.3 is 15.1 Å². The lowest BCUT2D eigenvalue weighted by molar-refractivity contribution is 0.208. The van der Waals surface area contributed by atoms with Gasteiger partial charge in [-0.1, -0.05) is 17.7 Å². The number of anilines is 2. The van der Waals surface area contributed by atoms with E-state index in [1.165, 1.54) is 4.57 Å². The molecule has 1 aliphatic heterocycles. The van der Waals surface area contributed by atoms with Crippen molar-refractivity contribution in [3.8, 4) is 0 Å². The highest BCUT2D eigenvalue weighted by Crippen LogP contribution is 2.15. The van der Waals surface area contributed by atoms with E-state index < -0.39 is 0 Å². The zero-order chi connectivity index (χ0) is 19.7. The molecule has 1 aliphatic rings. The third-order valence-electron chi connectivity index (χ3n) is 4.98. The molecule has 0 atom stereocenters. The molecule has 3 heterocycles. The highest BCUT2D eigenvalue weighted by molar-refractivity contribution is 5.89. The van der Waals surface area contributed by atoms with E-state index in [2.05, 4.69) is 15.3 Å². The maximum Gasteiger partial charge on any atom is 0.321 e. The van der Waals surface area contributed by atoms with E-state index in [-0.39, 0.29) is 11.6 Å². The Hall–Kier alpha value is -3.42. The molecule has 0 aliphatic carbocycles. The van der Waals surface area contributed by atoms with Crippen LogP contribution < -0.4 is 15.8 Å². The van der Waals surface area contributed by atoms with Crippen LogP contribution in [-0.2, 0) is 7.05 Å². The minimum atomic E-state index is -0.177. The minimum absolute atomic E-state index is 0.132. The van der Waals surface area contributed by atoms with E-state index in [4.69, 9.17) is 0 Å². The standard InChI is InChI=1S/C20H22N6O2/c1-14-5-7-15(8-6-14)22-20(28)26-12-10-25(11-13-26)18-19(27)24(2)17-16(23-18)4-3-9-21-17/h3-9H,10-13H2,1-2H3,(H,22,28). The summed E-state index contributed by atoms with van der Waals surface area (Å²) in [6, 6.07) is 11.2. The number of aromatic nitrogens is 3. The van der Waals surface area contributed by atoms with E-state index in [1.54, 1.807) is 24.2 Å². The molecule has 1 N–H and O–H groups in total. The lowest BCUT2D eigenvalue weighted by atomic mass is 10.2. The Labute approximate surface area is 162 Å². The van der Waals surface area contributed by atoms with E-state index in [0.717, 1.165) is 11.3 Å². The maximum atomic E-state index is 12.7. The van der Waals surface area contributed by atoms with Gasteiger partial charge in [-0.05, 0) is 31.2 Å². The van der Waals surface area contributed by atoms with E-state index in [9.17, 15) is 9.59 Å². The third kappa shape index (κ3) is 3.40. The number of piperazine rings is 1. The predicted octanol–water partition coefficient (Wildman–Crippen LogP) is 1.99. The molecule has 0 saturated carbocycles. The fourth-order valence-electron chi connectivity index (χ4n) is 3.31. The van der Waals surface area contributed by atoms with Crippen LogP contribution in [0.1, 0.15) is 5.56 Å². The van der Waals surface area contributed by atoms with Gasteiger partial charge >= 0.3 is 6.03 Å². The molecule has 0 radical (unpaired) electrons. The van der Waals surface area contributed by atoms with Crippen LogP contribution in [0.3, 0.4) is 0 Å². The van der Waals surface area contributed by atoms with E-state index in [1.807, 2.05) is 42.2 Å². The number of rotatable bonds is 2. The number of nitrogens with zero attached hydrogens (tertiary/aromatic N) is 5. The molecule has 0 bridgehead atoms. The molecule has 8 nitrogen and oxygen atoms in total. The van der Waals surface area contributed by atoms with Crippen molar-refractivity contribution in [1.29, 1.82) is 0 Å². The number of aryl methyl sites for hydroxylation is 2. The van der Waals surface area contributed by atoms with Crippen molar-refractivity contribution < 1.29 is 4.79 Å². The first-order valence-electron chi connectivity index (χ1n) is 9.22. The number of carbonyl (C=O) groups is 1. The summed E-state index contributed by atoms with van der Waals surface area (Å²) in [5.41, 5.74) is 2.98. The summed E-state index contributed by atoms with van der Waals surface area (Å²) in [7, 11) is 1.70. The molecular formula is C20H22N6O2. The summed E-state index contributed by atoms with van der Waals surface area (Å²) in [4.78, 5) is 37.6. The second kappa shape index (κ2) is 7.30. The smallest absolute Gasteiger partial charge is 0.321 e. The monoisotopic (exact) mass is 378 g/mol. The quantitative estimate of drug-likeness (QED) is 0.737. The minimum Gasteiger partial charge on any atom is -0.348 e. The molecule has 1 fully saturated rings. The summed E-state index contributed by atoms with van der Waals surface area (Å²) >= 11 is 0. The van der Waals surface area contributed by atoms with Crippen LogP contribution in [0.25, 0.3) is 11.2 Å². The predicted molar refractivity (Wildman–Crippen MR) is 109 cm³/mol. The van der Waals surface area contributed by atoms with Crippen LogP contribution >= 0.6 is 0 Å². The van der Waals surface area contributed by atoms with E-state index in [0.29, 0.717) is 43.2 Å². The van der Waals surface area contributed by atoms with Crippen molar-refractivity contribution in [2.45, 2.75) is 6.92 Å². The van der Waals surface area contributed by atoms with Gasteiger partial charge in [0, 0.05) is 45.1 Å². The zero-order valence-corrected chi connectivity index (χ0v) is 15.9. The lowest BCUT2D eigenvalue weighted by Gasteiger charge is -2.35. The molecule has 2 aromatic heterocycles. The number of urea groups is 1. The van der Waals surface area contributed by atoms with Crippen LogP contribution in [-0.4, -0.2) is 51.6 Å². The second-order valence-corrected chi connectivity index (χ2v) is 6.92. The highest BCUT2D eigenvalue weighted by Gasteiger charge is 2.24. The number of hydrogen-bond acceptors (Lipinski definition) is 5. The van der Waals surface area contributed by atoms with Crippen LogP contribution in [0.2, 0.25) is 0 Å². The average molecular weight is 378 g/mol. The first kappa shape index (κ1) is 18.0. The largest absolute Gasteiger partial charge is 0.348 e. The SMILES string of the molecule is Cc1ccc(NC(=O)N2CCN(c3nc4cccnc4n(C)c3=O)CC2)cc1. The first-order chi connectivity index (χ1) is 13.5. The second-order valence-electron chi connectivity index (χ2n) is 6.92. The number of carbonyl (C=O) groups excluding carboxylic acids is 1. The molecule has 144 valence electrons. The molecule has 0 unspecified atom stereocenters. The zero-order valence-electron chi connectivity index (χ0n) is 15.9. The Bertz CT molecular complexity index is 1070. The number of hydrogen-bond donors (Lipinski definition) is 1. The van der Waals surface area contributed by atoms with Crippen molar-refractivity contribution >= 4 is 28.7 Å². The van der Waals surface area contributed by atoms with Crippen molar-refractivity contribution in [2.24, 2.45) is 7.05 Å². The summed E-state index contributed by atoms with van der Waals surface area (Å²) in [6.45, 7) is 4.15. The average Bonchev–Trinajstić information content (AvgIpc) is 2.72. The van der Waals surface area contributed by atoms with Gasteiger partial charge in [0.25, 0.3) is 5.56 Å². The van der Waals surface area contributed by atoms with Crippen LogP contribution in [0, 0.1) is 6.92 Å². The van der Waals surface area contributed by atoms with Gasteiger partial charge in [0.15, 0.2) is 11.5 Å². The molecule has 1 saturated heterocycles. The van der Waals surface area contributed by atoms with Crippen molar-refractivity contribution in [3.63, 3.8) is 0 Å². The molecule has 2 amide bonds. The number of fused-ring (bicyclic) bond motifs is 1. The number of benzene rings is 1. The van der Waals surface area contributed by atoms with Crippen LogP contribution in [0.15, 0.2) is 47.4 Å². The third-order valence-corrected chi connectivity index (χ3v) is 4.98. The van der Waals surface area contributed by atoms with Crippen molar-refractivity contribution in [3.05, 3.63) is 58.5 Å². The fraction of sp³-hybridized carbons (Fsp3) is 0.300. The molecule has 8 heteroatoms. The van der Waals surface area contributed by atoms with Crippen LogP contribution in [0.5, 0.6) is 0 Å². The highest BCUT2D eigenvalue weighted by atomic mass is 16.2. The Morgan fingerprint density at radius 2 is 1.79 bits per heavy atom. The van der Waals surface area contributed by atoms with Gasteiger partial charge in [0.05, 0.1) is 0 Å². The summed E-state index contributed by atoms with van der Waals surface area (Å²) in [6.07, 6.45) is 1.65. The van der Waals surface area contributed by atoms with Gasteiger partial charge in [-0.2, -0.15) is 0 Å². The summed E-state index contributed by atoms with van der Waals surface area (Å²) in [5.74, 6) is 0.404. The molecule has 0 spiro atoms. The Morgan fingerprint density at radius 1 is 1.07 bits per heavy atom. The molecular weight excluding hydrogens is 356 g/mol. The lowest BCUT2D eigenvalue weighted by Crippen LogP contribution is -2.51. The molecule has 3 aromatic rings. The Morgan fingerprint density at radius 3 is 2.50 bits per heavy atom. The van der Waals surface area contributed by atoms with Gasteiger partial charge in [-0.3, -0.25) is 9.36 Å². The summed E-state index contributed by atoms with van der Waals surface area (Å²) < 4.78 is 1.52.